The lowest BCUT2D eigenvalue weighted by Gasteiger charge is -2.35. The van der Waals surface area contributed by atoms with Crippen LogP contribution >= 0.6 is 0 Å². The molecule has 2 atom stereocenters. The Bertz CT molecular complexity index is 1400. The third-order valence-corrected chi connectivity index (χ3v) is 5.77. The normalized spacial score (nSPS) is 17.3. The number of anilines is 2. The largest absolute Gasteiger partial charge is 0.494 e. The van der Waals surface area contributed by atoms with Crippen molar-refractivity contribution >= 4 is 39.9 Å². The van der Waals surface area contributed by atoms with Crippen molar-refractivity contribution in [2.75, 3.05) is 23.4 Å². The number of aromatic nitrogens is 1. The smallest absolute Gasteiger partial charge is 0.416 e. The van der Waals surface area contributed by atoms with E-state index in [0.29, 0.717) is 27.8 Å². The lowest BCUT2D eigenvalue weighted by molar-refractivity contribution is -0.167. The molecule has 2 heterocycles. The summed E-state index contributed by atoms with van der Waals surface area (Å²) in [6.07, 6.45) is -12.7. The fraction of sp³-hybridized carbons (Fsp3) is 0.292. The molecule has 0 unspecified atom stereocenters. The molecule has 4 rings (SSSR count). The molecular formula is C24H19F6N3O6. The Balaban J connectivity index is 1.65. The summed E-state index contributed by atoms with van der Waals surface area (Å²) in [5.41, 5.74) is -3.83. The predicted octanol–water partition coefficient (Wildman–Crippen LogP) is 4.21. The van der Waals surface area contributed by atoms with Gasteiger partial charge in [-0.3, -0.25) is 14.4 Å². The van der Waals surface area contributed by atoms with Gasteiger partial charge < -0.3 is 29.8 Å². The molecule has 1 aromatic heterocycles. The number of hydrogen-bond donors (Lipinski definition) is 3. The molecule has 0 aliphatic carbocycles. The second-order valence-corrected chi connectivity index (χ2v) is 8.50. The zero-order valence-corrected chi connectivity index (χ0v) is 19.8. The highest BCUT2D eigenvalue weighted by molar-refractivity contribution is 6.05. The number of ether oxygens (including phenoxy) is 2. The Hall–Kier alpha value is -4.27. The molecule has 0 saturated carbocycles. The molecule has 0 radical (unpaired) electrons. The Morgan fingerprint density at radius 2 is 1.74 bits per heavy atom. The first-order chi connectivity index (χ1) is 18.1. The molecule has 0 spiro atoms. The monoisotopic (exact) mass is 559 g/mol. The topological polar surface area (TPSA) is 121 Å². The number of morpholine rings is 1. The third-order valence-electron chi connectivity index (χ3n) is 5.77. The van der Waals surface area contributed by atoms with Gasteiger partial charge in [0.05, 0.1) is 17.7 Å². The van der Waals surface area contributed by atoms with E-state index >= 15 is 0 Å². The summed E-state index contributed by atoms with van der Waals surface area (Å²) in [4.78, 5) is 41.2. The Morgan fingerprint density at radius 1 is 1.10 bits per heavy atom. The number of nitrogens with zero attached hydrogens (tertiary/aromatic N) is 1. The number of carbonyl (C=O) groups is 3. The third kappa shape index (κ3) is 5.92. The van der Waals surface area contributed by atoms with Crippen molar-refractivity contribution in [2.45, 2.75) is 31.5 Å². The first kappa shape index (κ1) is 27.8. The van der Waals surface area contributed by atoms with E-state index in [2.05, 4.69) is 10.3 Å². The van der Waals surface area contributed by atoms with Gasteiger partial charge in [-0.2, -0.15) is 26.3 Å². The Morgan fingerprint density at radius 3 is 2.33 bits per heavy atom. The summed E-state index contributed by atoms with van der Waals surface area (Å²) >= 11 is 0. The van der Waals surface area contributed by atoms with Crippen LogP contribution in [-0.4, -0.2) is 53.2 Å². The number of hydrogen-bond acceptors (Lipinski definition) is 6. The van der Waals surface area contributed by atoms with Crippen LogP contribution in [-0.2, 0) is 36.2 Å². The van der Waals surface area contributed by atoms with E-state index in [9.17, 15) is 45.8 Å². The number of halogens is 6. The second-order valence-electron chi connectivity index (χ2n) is 8.50. The summed E-state index contributed by atoms with van der Waals surface area (Å²) in [5.74, 6) is -3.37. The van der Waals surface area contributed by atoms with Gasteiger partial charge in [0.1, 0.15) is 0 Å². The van der Waals surface area contributed by atoms with E-state index in [1.807, 2.05) is 0 Å². The maximum Gasteiger partial charge on any atom is 0.416 e. The molecule has 1 fully saturated rings. The number of nitrogens with one attached hydrogen (secondary N) is 2. The maximum absolute atomic E-state index is 13.3. The number of aromatic amines is 1. The molecule has 15 heteroatoms. The van der Waals surface area contributed by atoms with Crippen LogP contribution in [0.1, 0.15) is 18.1 Å². The average Bonchev–Trinajstić information content (AvgIpc) is 3.21. The number of H-pyrrole nitrogens is 1. The van der Waals surface area contributed by atoms with Crippen LogP contribution in [0.5, 0.6) is 5.88 Å². The van der Waals surface area contributed by atoms with Crippen molar-refractivity contribution < 1.29 is 55.3 Å². The molecular weight excluding hydrogens is 540 g/mol. The van der Waals surface area contributed by atoms with Crippen LogP contribution in [0.4, 0.5) is 37.7 Å². The molecule has 3 N–H and O–H groups in total. The predicted molar refractivity (Wildman–Crippen MR) is 123 cm³/mol. The number of amides is 2. The first-order valence-corrected chi connectivity index (χ1v) is 11.2. The van der Waals surface area contributed by atoms with E-state index in [-0.39, 0.29) is 17.6 Å². The van der Waals surface area contributed by atoms with Crippen molar-refractivity contribution in [3.05, 3.63) is 53.7 Å². The summed E-state index contributed by atoms with van der Waals surface area (Å²) < 4.78 is 90.3. The molecule has 1 aliphatic rings. The van der Waals surface area contributed by atoms with E-state index in [4.69, 9.17) is 9.47 Å². The fourth-order valence-corrected chi connectivity index (χ4v) is 4.02. The molecule has 9 nitrogen and oxygen atoms in total. The van der Waals surface area contributed by atoms with Gasteiger partial charge >= 0.3 is 18.3 Å². The SMILES string of the molecule is CC(=O)O[C@@H](C(=O)Nc1ccc2c(O)[nH]cc2c1)[C@H]1OCCN(c2cc(C(F)(F)F)cc(C(F)(F)F)c2)C1=O. The number of esters is 1. The van der Waals surface area contributed by atoms with Crippen LogP contribution in [0, 0.1) is 0 Å². The van der Waals surface area contributed by atoms with Gasteiger partial charge in [0, 0.05) is 41.8 Å². The standard InChI is InChI=1S/C24H19F6N3O6/c1-11(34)39-18(21(36)32-15-2-3-17-12(6-15)10-31-20(17)35)19-22(37)33(4-5-38-19)16-8-13(23(25,26)27)7-14(9-16)24(28,29)30/h2-3,6-10,18-19,31,35H,4-5H2,1H3,(H,32,36)/t18-,19-/m1/s1. The van der Waals surface area contributed by atoms with Gasteiger partial charge in [-0.1, -0.05) is 0 Å². The maximum atomic E-state index is 13.3. The van der Waals surface area contributed by atoms with Gasteiger partial charge in [-0.25, -0.2) is 0 Å². The zero-order valence-electron chi connectivity index (χ0n) is 19.8. The highest BCUT2D eigenvalue weighted by atomic mass is 19.4. The van der Waals surface area contributed by atoms with Crippen LogP contribution < -0.4 is 10.2 Å². The van der Waals surface area contributed by atoms with Crippen LogP contribution in [0.25, 0.3) is 10.8 Å². The molecule has 0 bridgehead atoms. The number of carbonyl (C=O) groups excluding carboxylic acids is 3. The highest BCUT2D eigenvalue weighted by Crippen LogP contribution is 2.39. The summed E-state index contributed by atoms with van der Waals surface area (Å²) in [5, 5.41) is 13.1. The fourth-order valence-electron chi connectivity index (χ4n) is 4.02. The van der Waals surface area contributed by atoms with E-state index in [1.54, 1.807) is 0 Å². The highest BCUT2D eigenvalue weighted by Gasteiger charge is 2.44. The van der Waals surface area contributed by atoms with Crippen molar-refractivity contribution in [3.63, 3.8) is 0 Å². The molecule has 2 aromatic carbocycles. The number of aromatic hydroxyl groups is 1. The minimum atomic E-state index is -5.15. The van der Waals surface area contributed by atoms with E-state index in [0.717, 1.165) is 6.92 Å². The minimum absolute atomic E-state index is 0.0813. The molecule has 1 aliphatic heterocycles. The van der Waals surface area contributed by atoms with Gasteiger partial charge in [0.2, 0.25) is 6.10 Å². The van der Waals surface area contributed by atoms with Gasteiger partial charge in [0.25, 0.3) is 11.8 Å². The van der Waals surface area contributed by atoms with E-state index < -0.39 is 72.3 Å². The summed E-state index contributed by atoms with van der Waals surface area (Å²) in [6, 6.07) is 4.98. The van der Waals surface area contributed by atoms with Crippen LogP contribution in [0.3, 0.4) is 0 Å². The van der Waals surface area contributed by atoms with Crippen LogP contribution in [0.15, 0.2) is 42.6 Å². The van der Waals surface area contributed by atoms with Crippen molar-refractivity contribution in [3.8, 4) is 5.88 Å². The average molecular weight is 559 g/mol. The van der Waals surface area contributed by atoms with Gasteiger partial charge in [0.15, 0.2) is 12.0 Å². The Labute approximate surface area is 215 Å². The minimum Gasteiger partial charge on any atom is -0.494 e. The molecule has 39 heavy (non-hydrogen) atoms. The number of rotatable bonds is 5. The lowest BCUT2D eigenvalue weighted by atomic mass is 10.0. The number of alkyl halides is 6. The van der Waals surface area contributed by atoms with Gasteiger partial charge in [-0.05, 0) is 36.4 Å². The van der Waals surface area contributed by atoms with Gasteiger partial charge in [-0.15, -0.1) is 0 Å². The summed E-state index contributed by atoms with van der Waals surface area (Å²) in [6.45, 7) is 0.103. The lowest BCUT2D eigenvalue weighted by Crippen LogP contribution is -2.56. The van der Waals surface area contributed by atoms with E-state index in [1.165, 1.54) is 24.4 Å². The van der Waals surface area contributed by atoms with Crippen molar-refractivity contribution in [1.29, 1.82) is 0 Å². The molecule has 2 amide bonds. The molecule has 208 valence electrons. The zero-order chi connectivity index (χ0) is 28.7. The quantitative estimate of drug-likeness (QED) is 0.318. The number of fused-ring (bicyclic) bond motifs is 1. The molecule has 3 aromatic rings. The van der Waals surface area contributed by atoms with Crippen molar-refractivity contribution in [2.24, 2.45) is 0 Å². The number of benzene rings is 2. The van der Waals surface area contributed by atoms with Crippen LogP contribution in [0.2, 0.25) is 0 Å². The van der Waals surface area contributed by atoms with Crippen molar-refractivity contribution in [1.82, 2.24) is 4.98 Å². The molecule has 1 saturated heterocycles. The Kier molecular flexibility index (Phi) is 7.21. The second kappa shape index (κ2) is 10.1. The first-order valence-electron chi connectivity index (χ1n) is 11.2. The summed E-state index contributed by atoms with van der Waals surface area (Å²) in [7, 11) is 0.